The summed E-state index contributed by atoms with van der Waals surface area (Å²) in [4.78, 5) is 45.1. The quantitative estimate of drug-likeness (QED) is 0.284. The molecule has 0 saturated heterocycles. The van der Waals surface area contributed by atoms with Gasteiger partial charge in [-0.05, 0) is 31.7 Å². The Kier molecular flexibility index (Phi) is 11.7. The summed E-state index contributed by atoms with van der Waals surface area (Å²) in [5.74, 6) is -2.60. The van der Waals surface area contributed by atoms with Crippen LogP contribution in [-0.2, 0) is 40.0 Å². The lowest BCUT2D eigenvalue weighted by Gasteiger charge is -2.12. The Hall–Kier alpha value is -3.00. The van der Waals surface area contributed by atoms with E-state index in [1.807, 2.05) is 30.3 Å². The number of ether oxygens (including phenoxy) is 3. The molecule has 1 rings (SSSR count). The highest BCUT2D eigenvalue weighted by atomic mass is 16.6. The number of unbranched alkanes of at least 4 members (excludes halogenated alkanes) is 2. The molecule has 0 fully saturated rings. The number of carboxylic acid groups (broad SMARTS) is 1. The predicted molar refractivity (Wildman–Crippen MR) is 103 cm³/mol. The van der Waals surface area contributed by atoms with E-state index in [4.69, 9.17) is 19.3 Å². The fourth-order valence-electron chi connectivity index (χ4n) is 2.17. The van der Waals surface area contributed by atoms with Gasteiger partial charge in [-0.2, -0.15) is 0 Å². The number of benzene rings is 1. The standard InChI is InChI=1S/C21H26O8/c1-16(21(26)29-14-17-8-4-2-5-9-17)28-15-18(22)10-6-3-7-13-27-20(25)12-11-19(23)24/h2,4-5,8-9,11-12,16H,3,6-7,10,13-15H2,1H3,(H,23,24). The van der Waals surface area contributed by atoms with Crippen LogP contribution >= 0.6 is 0 Å². The van der Waals surface area contributed by atoms with Crippen molar-refractivity contribution in [3.05, 3.63) is 48.0 Å². The van der Waals surface area contributed by atoms with Crippen molar-refractivity contribution in [3.8, 4) is 0 Å². The molecule has 0 bridgehead atoms. The van der Waals surface area contributed by atoms with Crippen molar-refractivity contribution < 1.29 is 38.5 Å². The molecule has 158 valence electrons. The molecule has 8 nitrogen and oxygen atoms in total. The molecule has 8 heteroatoms. The third-order valence-corrected chi connectivity index (χ3v) is 3.76. The predicted octanol–water partition coefficient (Wildman–Crippen LogP) is 2.45. The first-order valence-corrected chi connectivity index (χ1v) is 9.30. The lowest BCUT2D eigenvalue weighted by Crippen LogP contribution is -2.26. The molecular weight excluding hydrogens is 380 g/mol. The zero-order valence-corrected chi connectivity index (χ0v) is 16.4. The zero-order valence-electron chi connectivity index (χ0n) is 16.4. The van der Waals surface area contributed by atoms with Crippen LogP contribution in [0.1, 0.15) is 38.2 Å². The van der Waals surface area contributed by atoms with Crippen LogP contribution in [0.25, 0.3) is 0 Å². The highest BCUT2D eigenvalue weighted by Crippen LogP contribution is 2.05. The molecule has 0 saturated carbocycles. The maximum atomic E-state index is 11.9. The maximum Gasteiger partial charge on any atom is 0.335 e. The highest BCUT2D eigenvalue weighted by molar-refractivity contribution is 5.90. The lowest BCUT2D eigenvalue weighted by molar-refractivity contribution is -0.158. The van der Waals surface area contributed by atoms with Gasteiger partial charge in [-0.25, -0.2) is 14.4 Å². The molecule has 0 heterocycles. The van der Waals surface area contributed by atoms with E-state index in [1.165, 1.54) is 6.92 Å². The zero-order chi connectivity index (χ0) is 21.5. The molecule has 1 atom stereocenters. The first kappa shape index (κ1) is 24.0. The van der Waals surface area contributed by atoms with Gasteiger partial charge in [0.2, 0.25) is 0 Å². The summed E-state index contributed by atoms with van der Waals surface area (Å²) in [6, 6.07) is 9.26. The minimum absolute atomic E-state index is 0.130. The number of aliphatic carboxylic acids is 1. The van der Waals surface area contributed by atoms with Crippen molar-refractivity contribution >= 4 is 23.7 Å². The number of carbonyl (C=O) groups is 4. The van der Waals surface area contributed by atoms with Crippen molar-refractivity contribution in [2.24, 2.45) is 0 Å². The number of ketones is 1. The van der Waals surface area contributed by atoms with E-state index in [0.717, 1.165) is 11.6 Å². The Morgan fingerprint density at radius 2 is 1.72 bits per heavy atom. The van der Waals surface area contributed by atoms with Crippen LogP contribution in [0.15, 0.2) is 42.5 Å². The maximum absolute atomic E-state index is 11.9. The molecule has 1 N–H and O–H groups in total. The van der Waals surface area contributed by atoms with Gasteiger partial charge >= 0.3 is 17.9 Å². The summed E-state index contributed by atoms with van der Waals surface area (Å²) in [6.45, 7) is 1.67. The Morgan fingerprint density at radius 3 is 2.41 bits per heavy atom. The normalized spacial score (nSPS) is 11.8. The first-order chi connectivity index (χ1) is 13.9. The van der Waals surface area contributed by atoms with Gasteiger partial charge in [0.15, 0.2) is 11.9 Å². The van der Waals surface area contributed by atoms with Crippen molar-refractivity contribution in [3.63, 3.8) is 0 Å². The van der Waals surface area contributed by atoms with Crippen LogP contribution in [0.4, 0.5) is 0 Å². The third-order valence-electron chi connectivity index (χ3n) is 3.76. The van der Waals surface area contributed by atoms with E-state index >= 15 is 0 Å². The summed E-state index contributed by atoms with van der Waals surface area (Å²) in [6.07, 6.45) is 2.82. The Labute approximate surface area is 169 Å². The molecule has 0 aromatic heterocycles. The van der Waals surface area contributed by atoms with Gasteiger partial charge < -0.3 is 19.3 Å². The Balaban J connectivity index is 2.07. The van der Waals surface area contributed by atoms with E-state index in [9.17, 15) is 19.2 Å². The van der Waals surface area contributed by atoms with Crippen molar-refractivity contribution in [1.82, 2.24) is 0 Å². The molecule has 29 heavy (non-hydrogen) atoms. The number of hydrogen-bond acceptors (Lipinski definition) is 7. The minimum Gasteiger partial charge on any atom is -0.478 e. The molecule has 1 aromatic carbocycles. The number of carbonyl (C=O) groups excluding carboxylic acids is 3. The fourth-order valence-corrected chi connectivity index (χ4v) is 2.17. The molecule has 1 unspecified atom stereocenters. The second-order valence-corrected chi connectivity index (χ2v) is 6.23. The second-order valence-electron chi connectivity index (χ2n) is 6.23. The van der Waals surface area contributed by atoms with E-state index in [2.05, 4.69) is 0 Å². The first-order valence-electron chi connectivity index (χ1n) is 9.30. The van der Waals surface area contributed by atoms with Crippen LogP contribution in [0, 0.1) is 0 Å². The topological polar surface area (TPSA) is 116 Å². The van der Waals surface area contributed by atoms with Gasteiger partial charge in [0.05, 0.1) is 6.61 Å². The van der Waals surface area contributed by atoms with Crippen molar-refractivity contribution in [2.75, 3.05) is 13.2 Å². The monoisotopic (exact) mass is 406 g/mol. The van der Waals surface area contributed by atoms with E-state index in [1.54, 1.807) is 0 Å². The largest absolute Gasteiger partial charge is 0.478 e. The highest BCUT2D eigenvalue weighted by Gasteiger charge is 2.16. The van der Waals surface area contributed by atoms with E-state index in [-0.39, 0.29) is 25.6 Å². The Morgan fingerprint density at radius 1 is 1.00 bits per heavy atom. The van der Waals surface area contributed by atoms with Crippen molar-refractivity contribution in [2.45, 2.75) is 45.3 Å². The van der Waals surface area contributed by atoms with Crippen LogP contribution < -0.4 is 0 Å². The minimum atomic E-state index is -1.22. The molecule has 0 spiro atoms. The van der Waals surface area contributed by atoms with Gasteiger partial charge in [0.25, 0.3) is 0 Å². The van der Waals surface area contributed by atoms with Gasteiger partial charge in [0, 0.05) is 18.6 Å². The van der Waals surface area contributed by atoms with Crippen LogP contribution in [-0.4, -0.2) is 48.1 Å². The van der Waals surface area contributed by atoms with Crippen LogP contribution in [0.5, 0.6) is 0 Å². The van der Waals surface area contributed by atoms with Gasteiger partial charge in [-0.1, -0.05) is 30.3 Å². The number of esters is 2. The SMILES string of the molecule is CC(OCC(=O)CCCCCOC(=O)C=CC(=O)O)C(=O)OCc1ccccc1. The average Bonchev–Trinajstić information content (AvgIpc) is 2.71. The lowest BCUT2D eigenvalue weighted by atomic mass is 10.1. The van der Waals surface area contributed by atoms with Crippen LogP contribution in [0.3, 0.4) is 0 Å². The van der Waals surface area contributed by atoms with Crippen molar-refractivity contribution in [1.29, 1.82) is 0 Å². The number of Topliss-reactive ketones (excluding diaryl/α,β-unsaturated/α-hetero) is 1. The second kappa shape index (κ2) is 14.1. The summed E-state index contributed by atoms with van der Waals surface area (Å²) >= 11 is 0. The smallest absolute Gasteiger partial charge is 0.335 e. The molecule has 0 aliphatic heterocycles. The van der Waals surface area contributed by atoms with Gasteiger partial charge in [-0.15, -0.1) is 0 Å². The van der Waals surface area contributed by atoms with Crippen LogP contribution in [0.2, 0.25) is 0 Å². The molecular formula is C21H26O8. The van der Waals surface area contributed by atoms with Gasteiger partial charge in [0.1, 0.15) is 13.2 Å². The summed E-state index contributed by atoms with van der Waals surface area (Å²) < 4.78 is 15.2. The molecule has 0 amide bonds. The van der Waals surface area contributed by atoms with Gasteiger partial charge in [-0.3, -0.25) is 4.79 Å². The molecule has 0 radical (unpaired) electrons. The third kappa shape index (κ3) is 12.1. The fraction of sp³-hybridized carbons (Fsp3) is 0.429. The van der Waals surface area contributed by atoms with E-state index < -0.39 is 24.0 Å². The number of hydrogen-bond donors (Lipinski definition) is 1. The number of carboxylic acids is 1. The van der Waals surface area contributed by atoms with E-state index in [0.29, 0.717) is 31.8 Å². The summed E-state index contributed by atoms with van der Waals surface area (Å²) in [5.41, 5.74) is 0.868. The number of rotatable bonds is 14. The summed E-state index contributed by atoms with van der Waals surface area (Å²) in [5, 5.41) is 8.38. The molecule has 0 aliphatic rings. The average molecular weight is 406 g/mol. The summed E-state index contributed by atoms with van der Waals surface area (Å²) in [7, 11) is 0. The Bertz CT molecular complexity index is 696. The molecule has 0 aliphatic carbocycles. The molecule has 1 aromatic rings.